The molecule has 2 amide bonds. The summed E-state index contributed by atoms with van der Waals surface area (Å²) in [5, 5.41) is 5.92. The number of sulfonamides is 1. The quantitative estimate of drug-likeness (QED) is 0.363. The lowest BCUT2D eigenvalue weighted by molar-refractivity contribution is -0.130. The lowest BCUT2D eigenvalue weighted by atomic mass is 9.85. The highest BCUT2D eigenvalue weighted by atomic mass is 32.2. The summed E-state index contributed by atoms with van der Waals surface area (Å²) in [5.74, 6) is -0.774. The number of ether oxygens (including phenoxy) is 1. The Hall–Kier alpha value is -4.64. The molecule has 0 aliphatic carbocycles. The van der Waals surface area contributed by atoms with Crippen molar-refractivity contribution in [2.75, 3.05) is 23.3 Å². The minimum atomic E-state index is -3.60. The van der Waals surface area contributed by atoms with E-state index in [1.807, 2.05) is 19.1 Å². The van der Waals surface area contributed by atoms with E-state index in [4.69, 9.17) is 4.74 Å². The molecule has 5 rings (SSSR count). The number of nitrogens with one attached hydrogen (secondary N) is 3. The summed E-state index contributed by atoms with van der Waals surface area (Å²) >= 11 is 0. The fourth-order valence-corrected chi connectivity index (χ4v) is 5.71. The normalized spacial score (nSPS) is 18.0. The second-order valence-corrected chi connectivity index (χ2v) is 12.4. The van der Waals surface area contributed by atoms with Crippen molar-refractivity contribution in [2.45, 2.75) is 26.8 Å². The lowest BCUT2D eigenvalue weighted by Gasteiger charge is -2.32. The zero-order valence-electron chi connectivity index (χ0n) is 23.8. The van der Waals surface area contributed by atoms with Gasteiger partial charge in [0, 0.05) is 36.1 Å². The van der Waals surface area contributed by atoms with Gasteiger partial charge in [-0.1, -0.05) is 17.7 Å². The van der Waals surface area contributed by atoms with Crippen molar-refractivity contribution in [1.29, 1.82) is 0 Å². The van der Waals surface area contributed by atoms with E-state index in [-0.39, 0.29) is 23.1 Å². The van der Waals surface area contributed by atoms with E-state index in [1.54, 1.807) is 63.5 Å². The average Bonchev–Trinajstić information content (AvgIpc) is 3.35. The third kappa shape index (κ3) is 6.01. The molecule has 3 N–H and O–H groups in total. The fraction of sp³-hybridized carbons (Fsp3) is 0.226. The maximum Gasteiger partial charge on any atom is 0.271 e. The number of fused-ring (bicyclic) bond motifs is 1. The van der Waals surface area contributed by atoms with Gasteiger partial charge in [0.05, 0.1) is 12.0 Å². The Balaban J connectivity index is 1.57. The molecular weight excluding hydrogens is 559 g/mol. The number of benzene rings is 3. The molecule has 0 saturated carbocycles. The number of carbonyl (C=O) groups excluding carboxylic acids is 2. The van der Waals surface area contributed by atoms with E-state index in [9.17, 15) is 22.4 Å². The Bertz CT molecular complexity index is 1740. The van der Waals surface area contributed by atoms with Crippen molar-refractivity contribution in [3.8, 4) is 11.5 Å². The van der Waals surface area contributed by atoms with Crippen molar-refractivity contribution >= 4 is 38.8 Å². The van der Waals surface area contributed by atoms with Gasteiger partial charge in [0.2, 0.25) is 15.9 Å². The first-order valence-corrected chi connectivity index (χ1v) is 15.1. The summed E-state index contributed by atoms with van der Waals surface area (Å²) < 4.78 is 46.9. The molecule has 0 fully saturated rings. The number of carbonyl (C=O) groups is 2. The summed E-state index contributed by atoms with van der Waals surface area (Å²) in [5.41, 5.74) is 4.47. The minimum Gasteiger partial charge on any atom is -0.456 e. The van der Waals surface area contributed by atoms with Crippen LogP contribution in [0.2, 0.25) is 0 Å². The number of hydrogen-bond acceptors (Lipinski definition) is 6. The third-order valence-corrected chi connectivity index (χ3v) is 7.71. The Morgan fingerprint density at radius 1 is 1.00 bits per heavy atom. The second kappa shape index (κ2) is 11.0. The Kier molecular flexibility index (Phi) is 7.55. The van der Waals surface area contributed by atoms with E-state index in [2.05, 4.69) is 15.4 Å². The largest absolute Gasteiger partial charge is 0.456 e. The second-order valence-electron chi connectivity index (χ2n) is 10.6. The van der Waals surface area contributed by atoms with Crippen molar-refractivity contribution in [3.63, 3.8) is 0 Å². The molecule has 0 aromatic heterocycles. The Morgan fingerprint density at radius 3 is 2.29 bits per heavy atom. The molecule has 2 atom stereocenters. The van der Waals surface area contributed by atoms with Gasteiger partial charge < -0.3 is 20.3 Å². The highest BCUT2D eigenvalue weighted by molar-refractivity contribution is 7.92. The molecule has 0 saturated heterocycles. The molecule has 2 unspecified atom stereocenters. The fourth-order valence-electron chi connectivity index (χ4n) is 5.16. The highest BCUT2D eigenvalue weighted by Gasteiger charge is 2.42. The smallest absolute Gasteiger partial charge is 0.271 e. The maximum absolute atomic E-state index is 14.0. The number of likely N-dealkylation sites (N-methyl/N-ethyl adjacent to an activating group) is 1. The van der Waals surface area contributed by atoms with Crippen LogP contribution in [0.5, 0.6) is 11.5 Å². The number of halogens is 1. The summed E-state index contributed by atoms with van der Waals surface area (Å²) in [6.07, 6.45) is 4.40. The monoisotopic (exact) mass is 590 g/mol. The molecule has 0 spiro atoms. The van der Waals surface area contributed by atoms with Gasteiger partial charge in [0.25, 0.3) is 5.91 Å². The van der Waals surface area contributed by atoms with Gasteiger partial charge >= 0.3 is 0 Å². The zero-order valence-corrected chi connectivity index (χ0v) is 24.6. The number of amides is 2. The zero-order chi connectivity index (χ0) is 30.3. The van der Waals surface area contributed by atoms with Gasteiger partial charge in [-0.2, -0.15) is 0 Å². The van der Waals surface area contributed by atoms with Crippen molar-refractivity contribution < 1.29 is 27.1 Å². The van der Waals surface area contributed by atoms with Crippen LogP contribution < -0.4 is 20.1 Å². The Labute approximate surface area is 244 Å². The van der Waals surface area contributed by atoms with Crippen LogP contribution in [0.25, 0.3) is 5.57 Å². The van der Waals surface area contributed by atoms with Gasteiger partial charge in [-0.3, -0.25) is 14.3 Å². The first-order valence-electron chi connectivity index (χ1n) is 13.2. The van der Waals surface area contributed by atoms with Crippen LogP contribution in [0.15, 0.2) is 72.6 Å². The van der Waals surface area contributed by atoms with Crippen LogP contribution >= 0.6 is 0 Å². The summed E-state index contributed by atoms with van der Waals surface area (Å²) in [6.45, 7) is 5.41. The van der Waals surface area contributed by atoms with Crippen LogP contribution in [-0.4, -0.2) is 44.5 Å². The molecular formula is C31H31FN4O5S. The van der Waals surface area contributed by atoms with E-state index < -0.39 is 27.9 Å². The molecule has 2 aliphatic heterocycles. The molecule has 0 bridgehead atoms. The molecule has 11 heteroatoms. The molecule has 0 radical (unpaired) electrons. The van der Waals surface area contributed by atoms with Gasteiger partial charge in [-0.25, -0.2) is 12.8 Å². The number of rotatable bonds is 7. The van der Waals surface area contributed by atoms with Crippen molar-refractivity contribution in [2.24, 2.45) is 5.92 Å². The maximum atomic E-state index is 14.0. The highest BCUT2D eigenvalue weighted by Crippen LogP contribution is 2.43. The number of nitrogens with zero attached hydrogens (tertiary/aromatic N) is 1. The van der Waals surface area contributed by atoms with Crippen LogP contribution in [-0.2, 0) is 19.6 Å². The molecule has 2 aliphatic rings. The molecule has 42 heavy (non-hydrogen) atoms. The van der Waals surface area contributed by atoms with Crippen LogP contribution in [0, 0.1) is 32.5 Å². The van der Waals surface area contributed by atoms with Gasteiger partial charge in [-0.15, -0.1) is 0 Å². The van der Waals surface area contributed by atoms with E-state index in [0.29, 0.717) is 39.4 Å². The van der Waals surface area contributed by atoms with Gasteiger partial charge in [0.15, 0.2) is 0 Å². The average molecular weight is 591 g/mol. The molecule has 218 valence electrons. The van der Waals surface area contributed by atoms with E-state index in [1.165, 1.54) is 17.0 Å². The minimum absolute atomic E-state index is 0.234. The van der Waals surface area contributed by atoms with Crippen LogP contribution in [0.4, 0.5) is 15.8 Å². The third-order valence-electron chi connectivity index (χ3n) is 7.11. The molecule has 3 aromatic rings. The van der Waals surface area contributed by atoms with E-state index in [0.717, 1.165) is 11.8 Å². The first kappa shape index (κ1) is 28.9. The first-order chi connectivity index (χ1) is 19.8. The topological polar surface area (TPSA) is 117 Å². The van der Waals surface area contributed by atoms with Crippen LogP contribution in [0.1, 0.15) is 22.3 Å². The van der Waals surface area contributed by atoms with Crippen molar-refractivity contribution in [3.05, 3.63) is 101 Å². The molecule has 9 nitrogen and oxygen atoms in total. The predicted molar refractivity (Wildman–Crippen MR) is 160 cm³/mol. The number of hydrogen-bond donors (Lipinski definition) is 3. The number of aryl methyl sites for hydroxylation is 3. The predicted octanol–water partition coefficient (Wildman–Crippen LogP) is 4.84. The lowest BCUT2D eigenvalue weighted by Crippen LogP contribution is -2.47. The summed E-state index contributed by atoms with van der Waals surface area (Å²) in [4.78, 5) is 27.8. The summed E-state index contributed by atoms with van der Waals surface area (Å²) in [7, 11) is -1.99. The number of anilines is 2. The van der Waals surface area contributed by atoms with E-state index >= 15 is 0 Å². The molecule has 3 aromatic carbocycles. The molecule has 2 heterocycles. The van der Waals surface area contributed by atoms with Crippen LogP contribution in [0.3, 0.4) is 0 Å². The standard InChI is InChI=1S/C31H31FN4O5S/c1-17-6-8-21(9-7-17)33-30(37)26-15-24-25(16-36(4)31(38)28(24)34-26)23-14-22(35-42(5,39)40)10-11-27(23)41-29-18(2)12-20(32)13-19(29)3/h6-16,24,28,34-35H,1-5H3,(H,33,37). The van der Waals surface area contributed by atoms with Crippen molar-refractivity contribution in [1.82, 2.24) is 10.2 Å². The van der Waals surface area contributed by atoms with Gasteiger partial charge in [-0.05, 0) is 86.0 Å². The summed E-state index contributed by atoms with van der Waals surface area (Å²) in [6, 6.07) is 14.1. The Morgan fingerprint density at radius 2 is 1.64 bits per heavy atom. The SMILES string of the molecule is Cc1ccc(NC(=O)C2=CC3C(c4cc(NS(C)(=O)=O)ccc4Oc4c(C)cc(F)cc4C)=CN(C)C(=O)C3N2)cc1. The van der Waals surface area contributed by atoms with Gasteiger partial charge in [0.1, 0.15) is 23.4 Å².